The first-order valence-corrected chi connectivity index (χ1v) is 8.20. The van der Waals surface area contributed by atoms with Crippen molar-refractivity contribution in [3.8, 4) is 11.5 Å². The number of carbonyl (C=O) groups is 3. The molecule has 0 radical (unpaired) electrons. The molecule has 0 unspecified atom stereocenters. The fraction of sp³-hybridized carbons (Fsp3) is 0.158. The standard InChI is InChI=1S/C19H20N4O5/c1-12(13-3-7-16(8-4-13)28-11-17(20)24)22-23-19(26)18(25)21-14-5-9-15(27-2)10-6-14/h3-10H,11H2,1-2H3,(H2,20,24)(H,21,25)(H,23,26). The van der Waals surface area contributed by atoms with Crippen molar-refractivity contribution in [2.45, 2.75) is 6.92 Å². The number of amides is 3. The molecule has 4 N–H and O–H groups in total. The van der Waals surface area contributed by atoms with Gasteiger partial charge in [-0.25, -0.2) is 5.43 Å². The summed E-state index contributed by atoms with van der Waals surface area (Å²) in [6, 6.07) is 13.2. The number of methoxy groups -OCH3 is 1. The highest BCUT2D eigenvalue weighted by Crippen LogP contribution is 2.15. The fourth-order valence-electron chi connectivity index (χ4n) is 2.06. The van der Waals surface area contributed by atoms with Gasteiger partial charge >= 0.3 is 11.8 Å². The molecule has 0 aromatic heterocycles. The third-order valence-electron chi connectivity index (χ3n) is 3.53. The molecule has 2 aromatic carbocycles. The zero-order chi connectivity index (χ0) is 20.5. The molecule has 0 bridgehead atoms. The van der Waals surface area contributed by atoms with Gasteiger partial charge in [0.15, 0.2) is 6.61 Å². The summed E-state index contributed by atoms with van der Waals surface area (Å²) in [5, 5.41) is 6.37. The maximum Gasteiger partial charge on any atom is 0.329 e. The summed E-state index contributed by atoms with van der Waals surface area (Å²) in [7, 11) is 1.53. The Bertz CT molecular complexity index is 876. The van der Waals surface area contributed by atoms with Crippen LogP contribution in [0.5, 0.6) is 11.5 Å². The van der Waals surface area contributed by atoms with E-state index in [-0.39, 0.29) is 6.61 Å². The van der Waals surface area contributed by atoms with Crippen molar-refractivity contribution >= 4 is 29.1 Å². The summed E-state index contributed by atoms with van der Waals surface area (Å²) in [6.45, 7) is 1.45. The third-order valence-corrected chi connectivity index (χ3v) is 3.53. The molecule has 0 aliphatic carbocycles. The third kappa shape index (κ3) is 6.13. The van der Waals surface area contributed by atoms with E-state index in [1.165, 1.54) is 7.11 Å². The van der Waals surface area contributed by atoms with Crippen LogP contribution in [0, 0.1) is 0 Å². The Hall–Kier alpha value is -3.88. The van der Waals surface area contributed by atoms with Crippen LogP contribution in [0.15, 0.2) is 53.6 Å². The van der Waals surface area contributed by atoms with E-state index in [0.29, 0.717) is 28.5 Å². The zero-order valence-corrected chi connectivity index (χ0v) is 15.4. The fourth-order valence-corrected chi connectivity index (χ4v) is 2.06. The summed E-state index contributed by atoms with van der Waals surface area (Å²) >= 11 is 0. The summed E-state index contributed by atoms with van der Waals surface area (Å²) in [6.07, 6.45) is 0. The number of ether oxygens (including phenoxy) is 2. The van der Waals surface area contributed by atoms with Gasteiger partial charge in [-0.2, -0.15) is 5.10 Å². The molecule has 0 heterocycles. The molecule has 0 saturated heterocycles. The Morgan fingerprint density at radius 3 is 2.14 bits per heavy atom. The molecule has 3 amide bonds. The highest BCUT2D eigenvalue weighted by molar-refractivity contribution is 6.39. The van der Waals surface area contributed by atoms with Gasteiger partial charge in [-0.15, -0.1) is 0 Å². The highest BCUT2D eigenvalue weighted by Gasteiger charge is 2.13. The largest absolute Gasteiger partial charge is 0.497 e. The van der Waals surface area contributed by atoms with Crippen molar-refractivity contribution in [3.05, 3.63) is 54.1 Å². The van der Waals surface area contributed by atoms with Crippen LogP contribution >= 0.6 is 0 Å². The van der Waals surface area contributed by atoms with E-state index in [0.717, 1.165) is 0 Å². The van der Waals surface area contributed by atoms with E-state index in [2.05, 4.69) is 15.8 Å². The van der Waals surface area contributed by atoms with Gasteiger partial charge in [-0.3, -0.25) is 14.4 Å². The number of carbonyl (C=O) groups excluding carboxylic acids is 3. The van der Waals surface area contributed by atoms with Gasteiger partial charge in [0.2, 0.25) is 0 Å². The Morgan fingerprint density at radius 1 is 0.964 bits per heavy atom. The van der Waals surface area contributed by atoms with Crippen molar-refractivity contribution in [2.75, 3.05) is 19.0 Å². The molecule has 2 rings (SSSR count). The summed E-state index contributed by atoms with van der Waals surface area (Å²) in [4.78, 5) is 34.5. The van der Waals surface area contributed by atoms with Crippen molar-refractivity contribution < 1.29 is 23.9 Å². The average molecular weight is 384 g/mol. The molecule has 146 valence electrons. The predicted molar refractivity (Wildman–Crippen MR) is 103 cm³/mol. The molecule has 9 nitrogen and oxygen atoms in total. The summed E-state index contributed by atoms with van der Waals surface area (Å²) < 4.78 is 10.2. The molecule has 0 spiro atoms. The smallest absolute Gasteiger partial charge is 0.329 e. The average Bonchev–Trinajstić information content (AvgIpc) is 2.71. The summed E-state index contributed by atoms with van der Waals surface area (Å²) in [5.74, 6) is -1.22. The van der Waals surface area contributed by atoms with Crippen molar-refractivity contribution in [2.24, 2.45) is 10.8 Å². The number of rotatable bonds is 7. The van der Waals surface area contributed by atoms with Gasteiger partial charge in [0.1, 0.15) is 11.5 Å². The Morgan fingerprint density at radius 2 is 1.57 bits per heavy atom. The van der Waals surface area contributed by atoms with Crippen LogP contribution in [0.4, 0.5) is 5.69 Å². The SMILES string of the molecule is COc1ccc(NC(=O)C(=O)NN=C(C)c2ccc(OCC(N)=O)cc2)cc1. The topological polar surface area (TPSA) is 132 Å². The number of benzene rings is 2. The van der Waals surface area contributed by atoms with Crippen LogP contribution in [-0.2, 0) is 14.4 Å². The van der Waals surface area contributed by atoms with E-state index < -0.39 is 17.7 Å². The molecule has 0 aliphatic heterocycles. The van der Waals surface area contributed by atoms with Gasteiger partial charge in [-0.1, -0.05) is 0 Å². The van der Waals surface area contributed by atoms with Gasteiger partial charge in [0, 0.05) is 5.69 Å². The molecule has 0 atom stereocenters. The number of hydrazone groups is 1. The maximum absolute atomic E-state index is 11.9. The Balaban J connectivity index is 1.90. The number of nitrogens with zero attached hydrogens (tertiary/aromatic N) is 1. The minimum atomic E-state index is -0.906. The van der Waals surface area contributed by atoms with Gasteiger partial charge in [0.25, 0.3) is 5.91 Å². The minimum absolute atomic E-state index is 0.216. The molecule has 28 heavy (non-hydrogen) atoms. The Labute approximate surface area is 161 Å². The van der Waals surface area contributed by atoms with E-state index >= 15 is 0 Å². The molecule has 0 saturated carbocycles. The lowest BCUT2D eigenvalue weighted by atomic mass is 10.1. The highest BCUT2D eigenvalue weighted by atomic mass is 16.5. The van der Waals surface area contributed by atoms with Gasteiger partial charge in [0.05, 0.1) is 12.8 Å². The first-order chi connectivity index (χ1) is 13.4. The van der Waals surface area contributed by atoms with Gasteiger partial charge in [-0.05, 0) is 61.0 Å². The number of nitrogens with one attached hydrogen (secondary N) is 2. The molecule has 0 aliphatic rings. The van der Waals surface area contributed by atoms with Crippen molar-refractivity contribution in [1.82, 2.24) is 5.43 Å². The number of hydrogen-bond acceptors (Lipinski definition) is 6. The van der Waals surface area contributed by atoms with Crippen molar-refractivity contribution in [3.63, 3.8) is 0 Å². The molecule has 9 heteroatoms. The number of primary amides is 1. The lowest BCUT2D eigenvalue weighted by Gasteiger charge is -2.07. The van der Waals surface area contributed by atoms with Crippen LogP contribution in [0.25, 0.3) is 0 Å². The number of anilines is 1. The van der Waals surface area contributed by atoms with Crippen LogP contribution in [-0.4, -0.2) is 37.1 Å². The number of nitrogens with two attached hydrogens (primary N) is 1. The lowest BCUT2D eigenvalue weighted by molar-refractivity contribution is -0.136. The number of hydrogen-bond donors (Lipinski definition) is 3. The minimum Gasteiger partial charge on any atom is -0.497 e. The molecule has 2 aromatic rings. The predicted octanol–water partition coefficient (Wildman–Crippen LogP) is 1.04. The first-order valence-electron chi connectivity index (χ1n) is 8.20. The second-order valence-corrected chi connectivity index (χ2v) is 5.60. The maximum atomic E-state index is 11.9. The van der Waals surface area contributed by atoms with Crippen LogP contribution < -0.4 is 25.9 Å². The first kappa shape index (κ1) is 20.4. The Kier molecular flexibility index (Phi) is 7.09. The van der Waals surface area contributed by atoms with Gasteiger partial charge < -0.3 is 20.5 Å². The molecular formula is C19H20N4O5. The summed E-state index contributed by atoms with van der Waals surface area (Å²) in [5.41, 5.74) is 8.84. The normalized spacial score (nSPS) is 10.7. The zero-order valence-electron chi connectivity index (χ0n) is 15.4. The van der Waals surface area contributed by atoms with Crippen molar-refractivity contribution in [1.29, 1.82) is 0 Å². The van der Waals surface area contributed by atoms with E-state index in [1.54, 1.807) is 55.5 Å². The second kappa shape index (κ2) is 9.72. The van der Waals surface area contributed by atoms with E-state index in [4.69, 9.17) is 15.2 Å². The van der Waals surface area contributed by atoms with Crippen LogP contribution in [0.2, 0.25) is 0 Å². The molecule has 0 fully saturated rings. The monoisotopic (exact) mass is 384 g/mol. The quantitative estimate of drug-likeness (QED) is 0.373. The second-order valence-electron chi connectivity index (χ2n) is 5.60. The van der Waals surface area contributed by atoms with E-state index in [9.17, 15) is 14.4 Å². The van der Waals surface area contributed by atoms with E-state index in [1.807, 2.05) is 0 Å². The molecular weight excluding hydrogens is 364 g/mol. The lowest BCUT2D eigenvalue weighted by Crippen LogP contribution is -2.32. The van der Waals surface area contributed by atoms with Crippen LogP contribution in [0.1, 0.15) is 12.5 Å². The van der Waals surface area contributed by atoms with Crippen LogP contribution in [0.3, 0.4) is 0 Å².